The summed E-state index contributed by atoms with van der Waals surface area (Å²) in [7, 11) is 1.80. The number of amides is 1. The predicted octanol–water partition coefficient (Wildman–Crippen LogP) is 2.56. The van der Waals surface area contributed by atoms with E-state index in [1.54, 1.807) is 18.0 Å². The molecule has 0 bridgehead atoms. The standard InChI is InChI=1S/C14H18N2O/c1-4-11(2)14(17)16(3)10-13-7-5-6-12(8-13)9-15/h5-8,11H,4,10H2,1-3H3/t11-/m0/s1. The normalized spacial score (nSPS) is 11.6. The van der Waals surface area contributed by atoms with Gasteiger partial charge in [-0.1, -0.05) is 26.0 Å². The van der Waals surface area contributed by atoms with Gasteiger partial charge in [0.2, 0.25) is 5.91 Å². The molecule has 0 spiro atoms. The van der Waals surface area contributed by atoms with E-state index < -0.39 is 0 Å². The zero-order valence-corrected chi connectivity index (χ0v) is 10.6. The molecule has 0 saturated heterocycles. The SMILES string of the molecule is CC[C@H](C)C(=O)N(C)Cc1cccc(C#N)c1. The van der Waals surface area contributed by atoms with E-state index in [1.165, 1.54) is 0 Å². The van der Waals surface area contributed by atoms with Crippen LogP contribution in [0.2, 0.25) is 0 Å². The fraction of sp³-hybridized carbons (Fsp3) is 0.429. The van der Waals surface area contributed by atoms with Crippen LogP contribution in [0.25, 0.3) is 0 Å². The molecule has 0 aromatic heterocycles. The Kier molecular flexibility index (Phi) is 4.71. The van der Waals surface area contributed by atoms with Crippen molar-refractivity contribution in [1.82, 2.24) is 4.90 Å². The van der Waals surface area contributed by atoms with Crippen molar-refractivity contribution in [3.05, 3.63) is 35.4 Å². The van der Waals surface area contributed by atoms with E-state index in [0.717, 1.165) is 12.0 Å². The second-order valence-electron chi connectivity index (χ2n) is 4.32. The molecule has 1 rings (SSSR count). The highest BCUT2D eigenvalue weighted by Crippen LogP contribution is 2.10. The number of hydrogen-bond acceptors (Lipinski definition) is 2. The molecular formula is C14H18N2O. The molecule has 3 heteroatoms. The van der Waals surface area contributed by atoms with Gasteiger partial charge in [0.1, 0.15) is 0 Å². The Morgan fingerprint density at radius 1 is 1.53 bits per heavy atom. The molecule has 0 aliphatic carbocycles. The molecule has 0 aliphatic heterocycles. The third kappa shape index (κ3) is 3.60. The first-order chi connectivity index (χ1) is 8.08. The highest BCUT2D eigenvalue weighted by atomic mass is 16.2. The monoisotopic (exact) mass is 230 g/mol. The van der Waals surface area contributed by atoms with Gasteiger partial charge in [-0.3, -0.25) is 4.79 Å². The second kappa shape index (κ2) is 6.05. The molecular weight excluding hydrogens is 212 g/mol. The predicted molar refractivity (Wildman–Crippen MR) is 67.1 cm³/mol. The van der Waals surface area contributed by atoms with Gasteiger partial charge in [0.25, 0.3) is 0 Å². The van der Waals surface area contributed by atoms with E-state index in [2.05, 4.69) is 6.07 Å². The molecule has 1 amide bonds. The topological polar surface area (TPSA) is 44.1 Å². The Bertz CT molecular complexity index is 434. The zero-order chi connectivity index (χ0) is 12.8. The van der Waals surface area contributed by atoms with Crippen LogP contribution >= 0.6 is 0 Å². The number of rotatable bonds is 4. The second-order valence-corrected chi connectivity index (χ2v) is 4.32. The van der Waals surface area contributed by atoms with Gasteiger partial charge in [-0.2, -0.15) is 5.26 Å². The molecule has 0 unspecified atom stereocenters. The smallest absolute Gasteiger partial charge is 0.225 e. The summed E-state index contributed by atoms with van der Waals surface area (Å²) in [5, 5.41) is 8.80. The minimum Gasteiger partial charge on any atom is -0.341 e. The summed E-state index contributed by atoms with van der Waals surface area (Å²) in [6.07, 6.45) is 0.849. The van der Waals surface area contributed by atoms with Crippen molar-refractivity contribution in [2.75, 3.05) is 7.05 Å². The lowest BCUT2D eigenvalue weighted by Crippen LogP contribution is -2.30. The van der Waals surface area contributed by atoms with Gasteiger partial charge < -0.3 is 4.90 Å². The summed E-state index contributed by atoms with van der Waals surface area (Å²) < 4.78 is 0. The molecule has 0 saturated carbocycles. The maximum absolute atomic E-state index is 11.9. The minimum absolute atomic E-state index is 0.0548. The van der Waals surface area contributed by atoms with Gasteiger partial charge in [-0.25, -0.2) is 0 Å². The summed E-state index contributed by atoms with van der Waals surface area (Å²) in [6.45, 7) is 4.50. The average molecular weight is 230 g/mol. The first kappa shape index (κ1) is 13.2. The fourth-order valence-corrected chi connectivity index (χ4v) is 1.64. The van der Waals surface area contributed by atoms with Gasteiger partial charge in [0.05, 0.1) is 11.6 Å². The molecule has 3 nitrogen and oxygen atoms in total. The van der Waals surface area contributed by atoms with Gasteiger partial charge in [-0.05, 0) is 24.1 Å². The first-order valence-electron chi connectivity index (χ1n) is 5.82. The van der Waals surface area contributed by atoms with Crippen molar-refractivity contribution in [3.63, 3.8) is 0 Å². The lowest BCUT2D eigenvalue weighted by atomic mass is 10.1. The van der Waals surface area contributed by atoms with Crippen molar-refractivity contribution < 1.29 is 4.79 Å². The first-order valence-corrected chi connectivity index (χ1v) is 5.82. The van der Waals surface area contributed by atoms with Gasteiger partial charge >= 0.3 is 0 Å². The van der Waals surface area contributed by atoms with E-state index in [1.807, 2.05) is 32.0 Å². The van der Waals surface area contributed by atoms with Crippen molar-refractivity contribution in [2.24, 2.45) is 5.92 Å². The molecule has 17 heavy (non-hydrogen) atoms. The van der Waals surface area contributed by atoms with E-state index in [4.69, 9.17) is 5.26 Å². The fourth-order valence-electron chi connectivity index (χ4n) is 1.64. The quantitative estimate of drug-likeness (QED) is 0.798. The van der Waals surface area contributed by atoms with Crippen molar-refractivity contribution in [2.45, 2.75) is 26.8 Å². The van der Waals surface area contributed by atoms with Crippen LogP contribution in [0.1, 0.15) is 31.4 Å². The summed E-state index contributed by atoms with van der Waals surface area (Å²) in [6, 6.07) is 9.46. The van der Waals surface area contributed by atoms with E-state index in [9.17, 15) is 4.79 Å². The summed E-state index contributed by atoms with van der Waals surface area (Å²) >= 11 is 0. The molecule has 1 aromatic carbocycles. The van der Waals surface area contributed by atoms with Crippen LogP contribution in [-0.2, 0) is 11.3 Å². The zero-order valence-electron chi connectivity index (χ0n) is 10.6. The lowest BCUT2D eigenvalue weighted by molar-refractivity contribution is -0.134. The van der Waals surface area contributed by atoms with Crippen LogP contribution in [0, 0.1) is 17.2 Å². The molecule has 0 N–H and O–H groups in total. The van der Waals surface area contributed by atoms with E-state index >= 15 is 0 Å². The average Bonchev–Trinajstić information content (AvgIpc) is 2.37. The number of nitriles is 1. The molecule has 90 valence electrons. The summed E-state index contributed by atoms with van der Waals surface area (Å²) in [5.41, 5.74) is 1.62. The van der Waals surface area contributed by atoms with Crippen LogP contribution in [0.4, 0.5) is 0 Å². The maximum atomic E-state index is 11.9. The van der Waals surface area contributed by atoms with Crippen LogP contribution < -0.4 is 0 Å². The highest BCUT2D eigenvalue weighted by molar-refractivity contribution is 5.78. The Balaban J connectivity index is 2.71. The molecule has 1 atom stereocenters. The number of carbonyl (C=O) groups excluding carboxylic acids is 1. The number of nitrogens with zero attached hydrogens (tertiary/aromatic N) is 2. The van der Waals surface area contributed by atoms with Crippen LogP contribution in [0.15, 0.2) is 24.3 Å². The lowest BCUT2D eigenvalue weighted by Gasteiger charge is -2.20. The molecule has 0 heterocycles. The third-order valence-corrected chi connectivity index (χ3v) is 2.89. The molecule has 0 aliphatic rings. The molecule has 0 radical (unpaired) electrons. The van der Waals surface area contributed by atoms with Crippen molar-refractivity contribution in [1.29, 1.82) is 5.26 Å². The highest BCUT2D eigenvalue weighted by Gasteiger charge is 2.15. The number of hydrogen-bond donors (Lipinski definition) is 0. The third-order valence-electron chi connectivity index (χ3n) is 2.89. The molecule has 1 aromatic rings. The summed E-state index contributed by atoms with van der Waals surface area (Å²) in [5.74, 6) is 0.203. The molecule has 0 fully saturated rings. The number of benzene rings is 1. The van der Waals surface area contributed by atoms with Crippen molar-refractivity contribution >= 4 is 5.91 Å². The van der Waals surface area contributed by atoms with Crippen LogP contribution in [-0.4, -0.2) is 17.9 Å². The Morgan fingerprint density at radius 3 is 2.82 bits per heavy atom. The van der Waals surface area contributed by atoms with Crippen molar-refractivity contribution in [3.8, 4) is 6.07 Å². The van der Waals surface area contributed by atoms with Gasteiger partial charge in [-0.15, -0.1) is 0 Å². The van der Waals surface area contributed by atoms with Gasteiger partial charge in [0.15, 0.2) is 0 Å². The Labute approximate surface area is 103 Å². The minimum atomic E-state index is 0.0548. The summed E-state index contributed by atoms with van der Waals surface area (Å²) in [4.78, 5) is 13.6. The Hall–Kier alpha value is -1.82. The largest absolute Gasteiger partial charge is 0.341 e. The van der Waals surface area contributed by atoms with Crippen LogP contribution in [0.3, 0.4) is 0 Å². The van der Waals surface area contributed by atoms with Crippen LogP contribution in [0.5, 0.6) is 0 Å². The van der Waals surface area contributed by atoms with E-state index in [-0.39, 0.29) is 11.8 Å². The number of carbonyl (C=O) groups is 1. The van der Waals surface area contributed by atoms with E-state index in [0.29, 0.717) is 12.1 Å². The Morgan fingerprint density at radius 2 is 2.24 bits per heavy atom. The maximum Gasteiger partial charge on any atom is 0.225 e. The van der Waals surface area contributed by atoms with Gasteiger partial charge in [0, 0.05) is 19.5 Å².